The van der Waals surface area contributed by atoms with Gasteiger partial charge >= 0.3 is 0 Å². The van der Waals surface area contributed by atoms with Crippen molar-refractivity contribution < 1.29 is 9.59 Å². The van der Waals surface area contributed by atoms with Gasteiger partial charge in [-0.05, 0) is 33.3 Å². The largest absolute Gasteiger partial charge is 0.299 e. The smallest absolute Gasteiger partial charge is 0.172 e. The minimum Gasteiger partial charge on any atom is -0.299 e. The molecule has 2 heteroatoms. The van der Waals surface area contributed by atoms with Crippen LogP contribution in [0.1, 0.15) is 41.5 Å². The summed E-state index contributed by atoms with van der Waals surface area (Å²) in [6.07, 6.45) is 0. The fourth-order valence-corrected chi connectivity index (χ4v) is 2.27. The summed E-state index contributed by atoms with van der Waals surface area (Å²) in [5.41, 5.74) is 0.592. The van der Waals surface area contributed by atoms with Crippen LogP contribution in [-0.4, -0.2) is 11.6 Å². The van der Waals surface area contributed by atoms with Crippen molar-refractivity contribution in [3.8, 4) is 0 Å². The number of hydrogen-bond acceptors (Lipinski definition) is 2. The van der Waals surface area contributed by atoms with E-state index in [2.05, 4.69) is 0 Å². The molecule has 0 radical (unpaired) electrons. The molecule has 0 aliphatic heterocycles. The van der Waals surface area contributed by atoms with E-state index in [-0.39, 0.29) is 17.0 Å². The van der Waals surface area contributed by atoms with Crippen molar-refractivity contribution in [1.82, 2.24) is 0 Å². The first-order chi connectivity index (χ1) is 6.17. The Bertz CT molecular complexity index is 347. The molecular weight excluding hydrogens is 176 g/mol. The van der Waals surface area contributed by atoms with Gasteiger partial charge in [0.1, 0.15) is 5.78 Å². The Morgan fingerprint density at radius 1 is 1.14 bits per heavy atom. The first-order valence-corrected chi connectivity index (χ1v) is 4.91. The number of carbonyl (C=O) groups is 2. The summed E-state index contributed by atoms with van der Waals surface area (Å²) < 4.78 is 0. The van der Waals surface area contributed by atoms with Crippen LogP contribution in [0.2, 0.25) is 0 Å². The van der Waals surface area contributed by atoms with E-state index in [9.17, 15) is 9.59 Å². The first kappa shape index (κ1) is 11.2. The van der Waals surface area contributed by atoms with E-state index in [0.717, 1.165) is 11.1 Å². The van der Waals surface area contributed by atoms with Gasteiger partial charge in [-0.1, -0.05) is 19.4 Å². The minimum atomic E-state index is -0.860. The lowest BCUT2D eigenvalue weighted by molar-refractivity contribution is -0.140. The zero-order valence-corrected chi connectivity index (χ0v) is 9.82. The quantitative estimate of drug-likeness (QED) is 0.601. The number of Topliss-reactive ketones (excluding diaryl/α,β-unsaturated/α-hetero) is 2. The van der Waals surface area contributed by atoms with Gasteiger partial charge < -0.3 is 0 Å². The van der Waals surface area contributed by atoms with Crippen LogP contribution in [-0.2, 0) is 9.59 Å². The van der Waals surface area contributed by atoms with Gasteiger partial charge in [0.15, 0.2) is 5.78 Å². The molecule has 14 heavy (non-hydrogen) atoms. The molecule has 0 aromatic heterocycles. The topological polar surface area (TPSA) is 34.1 Å². The molecule has 0 saturated carbocycles. The van der Waals surface area contributed by atoms with Crippen molar-refractivity contribution in [2.45, 2.75) is 41.5 Å². The molecule has 0 bridgehead atoms. The second-order valence-electron chi connectivity index (χ2n) is 4.89. The Hall–Kier alpha value is -0.920. The van der Waals surface area contributed by atoms with Crippen molar-refractivity contribution in [3.63, 3.8) is 0 Å². The Kier molecular flexibility index (Phi) is 2.22. The first-order valence-electron chi connectivity index (χ1n) is 4.91. The van der Waals surface area contributed by atoms with Crippen LogP contribution in [0.5, 0.6) is 0 Å². The second-order valence-corrected chi connectivity index (χ2v) is 4.89. The lowest BCUT2D eigenvalue weighted by Gasteiger charge is -2.36. The van der Waals surface area contributed by atoms with E-state index in [0.29, 0.717) is 0 Å². The molecule has 1 atom stereocenters. The van der Waals surface area contributed by atoms with E-state index in [1.807, 2.05) is 27.7 Å². The number of allylic oxidation sites excluding steroid dienone is 2. The lowest BCUT2D eigenvalue weighted by Crippen LogP contribution is -2.43. The van der Waals surface area contributed by atoms with Crippen molar-refractivity contribution in [2.75, 3.05) is 0 Å². The Labute approximate surface area is 85.4 Å². The van der Waals surface area contributed by atoms with E-state index in [1.165, 1.54) is 6.92 Å². The predicted molar refractivity (Wildman–Crippen MR) is 56.0 cm³/mol. The third-order valence-corrected chi connectivity index (χ3v) is 4.25. The molecule has 1 unspecified atom stereocenters. The van der Waals surface area contributed by atoms with Gasteiger partial charge in [0.25, 0.3) is 0 Å². The lowest BCUT2D eigenvalue weighted by atomic mass is 9.64. The standard InChI is InChI=1S/C12H18O2/c1-7-8(2)11(4,5)12(6,9(3)13)10(7)14/h1-6H3. The molecule has 1 aliphatic rings. The Balaban J connectivity index is 3.43. The fourth-order valence-electron chi connectivity index (χ4n) is 2.27. The number of carbonyl (C=O) groups excluding carboxylic acids is 2. The van der Waals surface area contributed by atoms with Gasteiger partial charge in [-0.25, -0.2) is 0 Å². The van der Waals surface area contributed by atoms with Crippen LogP contribution in [0.3, 0.4) is 0 Å². The maximum Gasteiger partial charge on any atom is 0.172 e. The molecule has 1 rings (SSSR count). The molecule has 0 heterocycles. The molecule has 0 fully saturated rings. The third-order valence-electron chi connectivity index (χ3n) is 4.25. The summed E-state index contributed by atoms with van der Waals surface area (Å²) in [5, 5.41) is 0. The number of ketones is 2. The summed E-state index contributed by atoms with van der Waals surface area (Å²) in [6.45, 7) is 11.0. The third kappa shape index (κ3) is 0.969. The van der Waals surface area contributed by atoms with Crippen LogP contribution in [0.25, 0.3) is 0 Å². The van der Waals surface area contributed by atoms with Crippen LogP contribution in [0.15, 0.2) is 11.1 Å². The molecule has 0 amide bonds. The van der Waals surface area contributed by atoms with Crippen LogP contribution < -0.4 is 0 Å². The van der Waals surface area contributed by atoms with E-state index in [4.69, 9.17) is 0 Å². The summed E-state index contributed by atoms with van der Waals surface area (Å²) in [4.78, 5) is 23.7. The van der Waals surface area contributed by atoms with Crippen molar-refractivity contribution in [2.24, 2.45) is 10.8 Å². The highest BCUT2D eigenvalue weighted by molar-refractivity contribution is 6.16. The maximum atomic E-state index is 12.0. The zero-order valence-electron chi connectivity index (χ0n) is 9.82. The van der Waals surface area contributed by atoms with E-state index in [1.54, 1.807) is 6.92 Å². The molecule has 0 aromatic rings. The highest BCUT2D eigenvalue weighted by Gasteiger charge is 2.56. The van der Waals surface area contributed by atoms with Crippen LogP contribution >= 0.6 is 0 Å². The van der Waals surface area contributed by atoms with Gasteiger partial charge in [-0.3, -0.25) is 9.59 Å². The molecular formula is C12H18O2. The molecule has 0 saturated heterocycles. The summed E-state index contributed by atoms with van der Waals surface area (Å²) in [5.74, 6) is -0.0452. The molecule has 1 aliphatic carbocycles. The van der Waals surface area contributed by atoms with Gasteiger partial charge in [-0.15, -0.1) is 0 Å². The van der Waals surface area contributed by atoms with Gasteiger partial charge in [0, 0.05) is 5.41 Å². The summed E-state index contributed by atoms with van der Waals surface area (Å²) in [6, 6.07) is 0. The molecule has 2 nitrogen and oxygen atoms in total. The Morgan fingerprint density at radius 2 is 1.57 bits per heavy atom. The van der Waals surface area contributed by atoms with Crippen molar-refractivity contribution >= 4 is 11.6 Å². The van der Waals surface area contributed by atoms with Gasteiger partial charge in [-0.2, -0.15) is 0 Å². The monoisotopic (exact) mass is 194 g/mol. The van der Waals surface area contributed by atoms with E-state index >= 15 is 0 Å². The van der Waals surface area contributed by atoms with Gasteiger partial charge in [0.2, 0.25) is 0 Å². The number of rotatable bonds is 1. The zero-order chi connectivity index (χ0) is 11.3. The van der Waals surface area contributed by atoms with E-state index < -0.39 is 5.41 Å². The summed E-state index contributed by atoms with van der Waals surface area (Å²) >= 11 is 0. The van der Waals surface area contributed by atoms with Crippen LogP contribution in [0.4, 0.5) is 0 Å². The fraction of sp³-hybridized carbons (Fsp3) is 0.667. The highest BCUT2D eigenvalue weighted by Crippen LogP contribution is 2.53. The average Bonchev–Trinajstić information content (AvgIpc) is 2.20. The maximum absolute atomic E-state index is 12.0. The normalized spacial score (nSPS) is 31.1. The molecule has 0 aromatic carbocycles. The highest BCUT2D eigenvalue weighted by atomic mass is 16.2. The minimum absolute atomic E-state index is 0.00694. The molecule has 78 valence electrons. The molecule has 0 spiro atoms. The van der Waals surface area contributed by atoms with Crippen LogP contribution in [0, 0.1) is 10.8 Å². The number of hydrogen-bond donors (Lipinski definition) is 0. The van der Waals surface area contributed by atoms with Gasteiger partial charge in [0.05, 0.1) is 5.41 Å². The predicted octanol–water partition coefficient (Wildman–Crippen LogP) is 2.53. The Morgan fingerprint density at radius 3 is 1.71 bits per heavy atom. The summed E-state index contributed by atoms with van der Waals surface area (Å²) in [7, 11) is 0. The molecule has 0 N–H and O–H groups in total. The second kappa shape index (κ2) is 2.78. The average molecular weight is 194 g/mol. The van der Waals surface area contributed by atoms with Crippen molar-refractivity contribution in [3.05, 3.63) is 11.1 Å². The SMILES string of the molecule is CC(=O)C1(C)C(=O)C(C)=C(C)C1(C)C. The van der Waals surface area contributed by atoms with Crippen molar-refractivity contribution in [1.29, 1.82) is 0 Å².